The van der Waals surface area contributed by atoms with E-state index in [0.29, 0.717) is 24.7 Å². The Balaban J connectivity index is 2.07. The van der Waals surface area contributed by atoms with Gasteiger partial charge in [-0.1, -0.05) is 6.07 Å². The molecule has 0 heterocycles. The molecule has 29 heavy (non-hydrogen) atoms. The maximum Gasteiger partial charge on any atom is 0.277 e. The first-order valence-corrected chi connectivity index (χ1v) is 8.49. The fourth-order valence-corrected chi connectivity index (χ4v) is 2.39. The summed E-state index contributed by atoms with van der Waals surface area (Å²) in [6.45, 7) is 0.772. The summed E-state index contributed by atoms with van der Waals surface area (Å²) in [5, 5.41) is 26.9. The third kappa shape index (κ3) is 6.48. The first kappa shape index (κ1) is 21.7. The van der Waals surface area contributed by atoms with Gasteiger partial charge in [0.2, 0.25) is 0 Å². The Morgan fingerprint density at radius 3 is 2.31 bits per heavy atom. The summed E-state index contributed by atoms with van der Waals surface area (Å²) in [5.41, 5.74) is -0.907. The third-order valence-electron chi connectivity index (χ3n) is 3.46. The molecule has 11 nitrogen and oxygen atoms in total. The summed E-state index contributed by atoms with van der Waals surface area (Å²) in [5.74, 6) is -0.280. The number of ether oxygens (including phenoxy) is 2. The molecule has 0 spiro atoms. The van der Waals surface area contributed by atoms with Gasteiger partial charge in [-0.2, -0.15) is 0 Å². The van der Waals surface area contributed by atoms with Gasteiger partial charge >= 0.3 is 0 Å². The lowest BCUT2D eigenvalue weighted by atomic mass is 10.1. The first-order chi connectivity index (χ1) is 13.8. The molecule has 0 aliphatic carbocycles. The SMILES string of the molecule is COCCOc1cccc(NC(=S)NC(=O)c2cc([N+](=O)[O-])cc([N+](=O)[O-])c2)c1. The van der Waals surface area contributed by atoms with Gasteiger partial charge in [0.05, 0.1) is 28.1 Å². The van der Waals surface area contributed by atoms with Crippen molar-refractivity contribution in [1.29, 1.82) is 0 Å². The van der Waals surface area contributed by atoms with Gasteiger partial charge in [0.1, 0.15) is 12.4 Å². The number of anilines is 1. The van der Waals surface area contributed by atoms with Gasteiger partial charge in [-0.15, -0.1) is 0 Å². The van der Waals surface area contributed by atoms with Crippen molar-refractivity contribution in [2.75, 3.05) is 25.6 Å². The van der Waals surface area contributed by atoms with Crippen LogP contribution in [0.25, 0.3) is 0 Å². The molecule has 0 atom stereocenters. The van der Waals surface area contributed by atoms with E-state index in [2.05, 4.69) is 10.6 Å². The van der Waals surface area contributed by atoms with E-state index in [9.17, 15) is 25.0 Å². The number of nitrogens with one attached hydrogen (secondary N) is 2. The minimum absolute atomic E-state index is 0.0989. The van der Waals surface area contributed by atoms with E-state index >= 15 is 0 Å². The topological polar surface area (TPSA) is 146 Å². The van der Waals surface area contributed by atoms with Crippen LogP contribution >= 0.6 is 12.2 Å². The zero-order valence-corrected chi connectivity index (χ0v) is 15.9. The standard InChI is InChI=1S/C17H16N4O7S/c1-27-5-6-28-15-4-2-3-12(9-15)18-17(29)19-16(22)11-7-13(20(23)24)10-14(8-11)21(25)26/h2-4,7-10H,5-6H2,1H3,(H2,18,19,22,29). The second kappa shape index (κ2) is 10.1. The molecule has 152 valence electrons. The smallest absolute Gasteiger partial charge is 0.277 e. The van der Waals surface area contributed by atoms with Crippen LogP contribution < -0.4 is 15.4 Å². The van der Waals surface area contributed by atoms with Gasteiger partial charge in [0, 0.05) is 31.0 Å². The first-order valence-electron chi connectivity index (χ1n) is 8.08. The number of hydrogen-bond acceptors (Lipinski definition) is 8. The number of thiocarbonyl (C=S) groups is 1. The van der Waals surface area contributed by atoms with Gasteiger partial charge in [-0.3, -0.25) is 30.3 Å². The molecule has 0 aromatic heterocycles. The monoisotopic (exact) mass is 420 g/mol. The molecule has 2 aromatic carbocycles. The predicted molar refractivity (Wildman–Crippen MR) is 107 cm³/mol. The summed E-state index contributed by atoms with van der Waals surface area (Å²) in [7, 11) is 1.55. The van der Waals surface area contributed by atoms with E-state index < -0.39 is 27.1 Å². The van der Waals surface area contributed by atoms with Crippen LogP contribution in [0.3, 0.4) is 0 Å². The summed E-state index contributed by atoms with van der Waals surface area (Å²) in [4.78, 5) is 32.5. The van der Waals surface area contributed by atoms with Crippen LogP contribution in [-0.2, 0) is 4.74 Å². The third-order valence-corrected chi connectivity index (χ3v) is 3.67. The Hall–Kier alpha value is -3.64. The van der Waals surface area contributed by atoms with E-state index in [1.54, 1.807) is 31.4 Å². The lowest BCUT2D eigenvalue weighted by Gasteiger charge is -2.11. The lowest BCUT2D eigenvalue weighted by molar-refractivity contribution is -0.394. The normalized spacial score (nSPS) is 10.1. The largest absolute Gasteiger partial charge is 0.491 e. The Morgan fingerprint density at radius 2 is 1.72 bits per heavy atom. The fourth-order valence-electron chi connectivity index (χ4n) is 2.18. The highest BCUT2D eigenvalue weighted by molar-refractivity contribution is 7.80. The number of carbonyl (C=O) groups excluding carboxylic acids is 1. The number of carbonyl (C=O) groups is 1. The second-order valence-electron chi connectivity index (χ2n) is 5.53. The molecule has 2 aromatic rings. The predicted octanol–water partition coefficient (Wildman–Crippen LogP) is 2.66. The van der Waals surface area contributed by atoms with Gasteiger partial charge in [0.25, 0.3) is 17.3 Å². The van der Waals surface area contributed by atoms with E-state index in [4.69, 9.17) is 21.7 Å². The molecule has 2 N–H and O–H groups in total. The summed E-state index contributed by atoms with van der Waals surface area (Å²) < 4.78 is 10.4. The van der Waals surface area contributed by atoms with E-state index in [-0.39, 0.29) is 10.7 Å². The number of non-ortho nitro benzene ring substituents is 2. The van der Waals surface area contributed by atoms with Crippen molar-refractivity contribution in [2.45, 2.75) is 0 Å². The Labute approximate surface area is 169 Å². The number of methoxy groups -OCH3 is 1. The van der Waals surface area contributed by atoms with Crippen LogP contribution in [0.5, 0.6) is 5.75 Å². The molecule has 2 rings (SSSR count). The Morgan fingerprint density at radius 1 is 1.07 bits per heavy atom. The Kier molecular flexibility index (Phi) is 7.51. The van der Waals surface area contributed by atoms with Crippen molar-refractivity contribution < 1.29 is 24.1 Å². The zero-order valence-electron chi connectivity index (χ0n) is 15.1. The van der Waals surface area contributed by atoms with Crippen LogP contribution in [0, 0.1) is 20.2 Å². The van der Waals surface area contributed by atoms with Crippen molar-refractivity contribution in [2.24, 2.45) is 0 Å². The summed E-state index contributed by atoms with van der Waals surface area (Å²) in [6.07, 6.45) is 0. The van der Waals surface area contributed by atoms with Crippen LogP contribution in [0.1, 0.15) is 10.4 Å². The average molecular weight is 420 g/mol. The number of hydrogen-bond donors (Lipinski definition) is 2. The Bertz CT molecular complexity index is 919. The van der Waals surface area contributed by atoms with E-state index in [0.717, 1.165) is 18.2 Å². The van der Waals surface area contributed by atoms with Crippen LogP contribution in [0.2, 0.25) is 0 Å². The van der Waals surface area contributed by atoms with Crippen molar-refractivity contribution in [3.8, 4) is 5.75 Å². The van der Waals surface area contributed by atoms with Crippen molar-refractivity contribution in [3.63, 3.8) is 0 Å². The fraction of sp³-hybridized carbons (Fsp3) is 0.176. The van der Waals surface area contributed by atoms with Gasteiger partial charge in [-0.05, 0) is 24.4 Å². The van der Waals surface area contributed by atoms with E-state index in [1.165, 1.54) is 0 Å². The molecule has 0 saturated heterocycles. The molecule has 1 amide bonds. The zero-order chi connectivity index (χ0) is 21.4. The molecule has 0 aliphatic heterocycles. The number of rotatable bonds is 8. The number of nitro groups is 2. The molecule has 0 aliphatic rings. The maximum atomic E-state index is 12.3. The lowest BCUT2D eigenvalue weighted by Crippen LogP contribution is -2.34. The highest BCUT2D eigenvalue weighted by Gasteiger charge is 2.20. The maximum absolute atomic E-state index is 12.3. The van der Waals surface area contributed by atoms with Gasteiger partial charge in [-0.25, -0.2) is 0 Å². The minimum atomic E-state index is -0.832. The number of nitrogens with zero attached hydrogens (tertiary/aromatic N) is 2. The number of benzene rings is 2. The number of amides is 1. The van der Waals surface area contributed by atoms with Crippen LogP contribution in [0.15, 0.2) is 42.5 Å². The molecule has 0 bridgehead atoms. The highest BCUT2D eigenvalue weighted by Crippen LogP contribution is 2.23. The summed E-state index contributed by atoms with van der Waals surface area (Å²) in [6, 6.07) is 9.38. The van der Waals surface area contributed by atoms with Crippen LogP contribution in [0.4, 0.5) is 17.1 Å². The summed E-state index contributed by atoms with van der Waals surface area (Å²) >= 11 is 5.06. The number of nitro benzene ring substituents is 2. The molecular formula is C17H16N4O7S. The molecule has 12 heteroatoms. The van der Waals surface area contributed by atoms with Gasteiger partial charge in [0.15, 0.2) is 5.11 Å². The molecule has 0 unspecified atom stereocenters. The molecule has 0 fully saturated rings. The molecule has 0 radical (unpaired) electrons. The quantitative estimate of drug-likeness (QED) is 0.285. The van der Waals surface area contributed by atoms with E-state index in [1.807, 2.05) is 0 Å². The molecular weight excluding hydrogens is 404 g/mol. The average Bonchev–Trinajstić information content (AvgIpc) is 2.68. The van der Waals surface area contributed by atoms with Crippen molar-refractivity contribution in [1.82, 2.24) is 5.32 Å². The van der Waals surface area contributed by atoms with Gasteiger partial charge < -0.3 is 14.8 Å². The minimum Gasteiger partial charge on any atom is -0.491 e. The van der Waals surface area contributed by atoms with Crippen molar-refractivity contribution in [3.05, 3.63) is 68.3 Å². The van der Waals surface area contributed by atoms with Crippen LogP contribution in [-0.4, -0.2) is 41.2 Å². The molecule has 0 saturated carbocycles. The highest BCUT2D eigenvalue weighted by atomic mass is 32.1. The van der Waals surface area contributed by atoms with Crippen molar-refractivity contribution >= 4 is 40.3 Å². The second-order valence-corrected chi connectivity index (χ2v) is 5.94.